The zero-order valence-electron chi connectivity index (χ0n) is 12.9. The lowest BCUT2D eigenvalue weighted by Gasteiger charge is -2.38. The van der Waals surface area contributed by atoms with Crippen molar-refractivity contribution in [3.8, 4) is 0 Å². The van der Waals surface area contributed by atoms with Crippen molar-refractivity contribution in [3.05, 3.63) is 12.7 Å². The van der Waals surface area contributed by atoms with Gasteiger partial charge in [-0.3, -0.25) is 4.79 Å². The molecule has 2 fully saturated rings. The Labute approximate surface area is 123 Å². The summed E-state index contributed by atoms with van der Waals surface area (Å²) < 4.78 is 0. The van der Waals surface area contributed by atoms with Gasteiger partial charge in [0, 0.05) is 0 Å². The van der Waals surface area contributed by atoms with Crippen LogP contribution < -0.4 is 0 Å². The molecule has 1 atom stereocenters. The molecule has 114 valence electrons. The van der Waals surface area contributed by atoms with Gasteiger partial charge < -0.3 is 5.11 Å². The molecular formula is C18H30O2. The third-order valence-electron chi connectivity index (χ3n) is 6.00. The molecule has 0 aromatic carbocycles. The molecule has 0 heterocycles. The van der Waals surface area contributed by atoms with Crippen molar-refractivity contribution < 1.29 is 9.90 Å². The van der Waals surface area contributed by atoms with E-state index in [1.54, 1.807) is 6.08 Å². The van der Waals surface area contributed by atoms with Crippen LogP contribution in [0.15, 0.2) is 12.7 Å². The molecule has 0 saturated heterocycles. The maximum Gasteiger partial charge on any atom is 0.310 e. The average molecular weight is 278 g/mol. The lowest BCUT2D eigenvalue weighted by molar-refractivity contribution is -0.142. The lowest BCUT2D eigenvalue weighted by Crippen LogP contribution is -2.30. The number of rotatable bonds is 5. The van der Waals surface area contributed by atoms with E-state index in [2.05, 4.69) is 13.5 Å². The Bertz CT molecular complexity index is 320. The van der Waals surface area contributed by atoms with Gasteiger partial charge in [-0.25, -0.2) is 0 Å². The molecule has 0 aromatic heterocycles. The first-order chi connectivity index (χ1) is 9.65. The molecule has 2 rings (SSSR count). The van der Waals surface area contributed by atoms with Crippen molar-refractivity contribution in [1.29, 1.82) is 0 Å². The van der Waals surface area contributed by atoms with Crippen molar-refractivity contribution in [2.75, 3.05) is 0 Å². The normalized spacial score (nSPS) is 36.2. The minimum Gasteiger partial charge on any atom is -0.481 e. The molecule has 1 N–H and O–H groups in total. The van der Waals surface area contributed by atoms with Crippen LogP contribution in [0.2, 0.25) is 0 Å². The third kappa shape index (κ3) is 3.65. The van der Waals surface area contributed by atoms with Crippen LogP contribution in [-0.4, -0.2) is 11.1 Å². The van der Waals surface area contributed by atoms with Gasteiger partial charge in [-0.2, -0.15) is 0 Å². The molecular weight excluding hydrogens is 248 g/mol. The zero-order chi connectivity index (χ0) is 14.5. The minimum atomic E-state index is -0.688. The topological polar surface area (TPSA) is 37.3 Å². The van der Waals surface area contributed by atoms with Gasteiger partial charge in [-0.15, -0.1) is 6.58 Å². The highest BCUT2D eigenvalue weighted by atomic mass is 16.4. The highest BCUT2D eigenvalue weighted by molar-refractivity contribution is 5.72. The van der Waals surface area contributed by atoms with Crippen LogP contribution in [0.3, 0.4) is 0 Å². The lowest BCUT2D eigenvalue weighted by atomic mass is 9.67. The fourth-order valence-corrected chi connectivity index (χ4v) is 4.54. The number of aliphatic carboxylic acids is 1. The van der Waals surface area contributed by atoms with Crippen molar-refractivity contribution >= 4 is 5.97 Å². The first kappa shape index (κ1) is 15.6. The van der Waals surface area contributed by atoms with E-state index < -0.39 is 5.97 Å². The molecule has 0 radical (unpaired) electrons. The summed E-state index contributed by atoms with van der Waals surface area (Å²) in [6.45, 7) is 6.02. The first-order valence-electron chi connectivity index (χ1n) is 8.51. The van der Waals surface area contributed by atoms with Gasteiger partial charge in [0.2, 0.25) is 0 Å². The molecule has 2 aliphatic carbocycles. The maximum atomic E-state index is 11.2. The molecule has 0 spiro atoms. The summed E-state index contributed by atoms with van der Waals surface area (Å²) in [5.74, 6) is 2.07. The van der Waals surface area contributed by atoms with Crippen LogP contribution >= 0.6 is 0 Å². The summed E-state index contributed by atoms with van der Waals surface area (Å²) in [5, 5.41) is 9.23. The second kappa shape index (κ2) is 7.28. The van der Waals surface area contributed by atoms with Gasteiger partial charge in [0.25, 0.3) is 0 Å². The highest BCUT2D eigenvalue weighted by Crippen LogP contribution is 2.43. The Kier molecular flexibility index (Phi) is 5.68. The zero-order valence-corrected chi connectivity index (χ0v) is 12.9. The van der Waals surface area contributed by atoms with E-state index >= 15 is 0 Å². The monoisotopic (exact) mass is 278 g/mol. The van der Waals surface area contributed by atoms with Crippen molar-refractivity contribution in [2.24, 2.45) is 29.6 Å². The smallest absolute Gasteiger partial charge is 0.310 e. The van der Waals surface area contributed by atoms with Crippen LogP contribution in [0, 0.1) is 29.6 Å². The summed E-state index contributed by atoms with van der Waals surface area (Å²) in [6, 6.07) is 0. The maximum absolute atomic E-state index is 11.2. The first-order valence-corrected chi connectivity index (χ1v) is 8.51. The Hall–Kier alpha value is -0.790. The van der Waals surface area contributed by atoms with E-state index in [0.717, 1.165) is 30.6 Å². The fourth-order valence-electron chi connectivity index (χ4n) is 4.54. The predicted octanol–water partition coefficient (Wildman–Crippen LogP) is 4.90. The number of carboxylic acid groups (broad SMARTS) is 1. The summed E-state index contributed by atoms with van der Waals surface area (Å²) in [7, 11) is 0. The number of hydrogen-bond donors (Lipinski definition) is 1. The Morgan fingerprint density at radius 3 is 2.00 bits per heavy atom. The Balaban J connectivity index is 1.79. The van der Waals surface area contributed by atoms with Gasteiger partial charge in [0.1, 0.15) is 0 Å². The van der Waals surface area contributed by atoms with Gasteiger partial charge in [-0.05, 0) is 62.2 Å². The van der Waals surface area contributed by atoms with Crippen LogP contribution in [0.1, 0.15) is 64.7 Å². The molecule has 0 aromatic rings. The van der Waals surface area contributed by atoms with E-state index in [4.69, 9.17) is 0 Å². The van der Waals surface area contributed by atoms with Crippen molar-refractivity contribution in [3.63, 3.8) is 0 Å². The van der Waals surface area contributed by atoms with Crippen LogP contribution in [-0.2, 0) is 4.79 Å². The van der Waals surface area contributed by atoms with Crippen molar-refractivity contribution in [2.45, 2.75) is 64.7 Å². The third-order valence-corrected chi connectivity index (χ3v) is 6.00. The van der Waals surface area contributed by atoms with E-state index in [1.807, 2.05) is 0 Å². The molecule has 0 bridgehead atoms. The summed E-state index contributed by atoms with van der Waals surface area (Å²) in [4.78, 5) is 11.2. The standard InChI is InChI=1S/C18H30O2/c1-3-13-5-7-14(8-6-13)15-9-11-16(12-10-15)17(4-2)18(19)20/h4,13-17H,2-3,5-12H2,1H3,(H,19,20)/t13-,14-,15?,16?,17?. The van der Waals surface area contributed by atoms with Gasteiger partial charge in [-0.1, -0.05) is 32.3 Å². The fraction of sp³-hybridized carbons (Fsp3) is 0.833. The quantitative estimate of drug-likeness (QED) is 0.726. The highest BCUT2D eigenvalue weighted by Gasteiger charge is 2.34. The second-order valence-electron chi connectivity index (χ2n) is 6.96. The molecule has 0 amide bonds. The van der Waals surface area contributed by atoms with Gasteiger partial charge in [0.15, 0.2) is 0 Å². The summed E-state index contributed by atoms with van der Waals surface area (Å²) >= 11 is 0. The van der Waals surface area contributed by atoms with Crippen LogP contribution in [0.4, 0.5) is 0 Å². The van der Waals surface area contributed by atoms with E-state index in [0.29, 0.717) is 5.92 Å². The SMILES string of the molecule is C=CC(C(=O)O)C1CCC([C@H]2CC[C@H](CC)CC2)CC1. The second-order valence-corrected chi connectivity index (χ2v) is 6.96. The Morgan fingerprint density at radius 1 is 1.10 bits per heavy atom. The minimum absolute atomic E-state index is 0.327. The Morgan fingerprint density at radius 2 is 1.60 bits per heavy atom. The molecule has 0 aliphatic heterocycles. The average Bonchev–Trinajstić information content (AvgIpc) is 2.48. The van der Waals surface area contributed by atoms with Crippen LogP contribution in [0.5, 0.6) is 0 Å². The largest absolute Gasteiger partial charge is 0.481 e. The number of carbonyl (C=O) groups is 1. The number of carboxylic acids is 1. The molecule has 2 nitrogen and oxygen atoms in total. The molecule has 2 saturated carbocycles. The van der Waals surface area contributed by atoms with E-state index in [-0.39, 0.29) is 5.92 Å². The van der Waals surface area contributed by atoms with Crippen LogP contribution in [0.25, 0.3) is 0 Å². The van der Waals surface area contributed by atoms with Crippen molar-refractivity contribution in [1.82, 2.24) is 0 Å². The predicted molar refractivity (Wildman–Crippen MR) is 82.5 cm³/mol. The molecule has 2 heteroatoms. The van der Waals surface area contributed by atoms with Gasteiger partial charge >= 0.3 is 5.97 Å². The summed E-state index contributed by atoms with van der Waals surface area (Å²) in [6.07, 6.45) is 13.3. The summed E-state index contributed by atoms with van der Waals surface area (Å²) in [5.41, 5.74) is 0. The van der Waals surface area contributed by atoms with Gasteiger partial charge in [0.05, 0.1) is 5.92 Å². The molecule has 20 heavy (non-hydrogen) atoms. The van der Waals surface area contributed by atoms with E-state index in [1.165, 1.54) is 44.9 Å². The van der Waals surface area contributed by atoms with E-state index in [9.17, 15) is 9.90 Å². The number of hydrogen-bond acceptors (Lipinski definition) is 1. The molecule has 1 unspecified atom stereocenters. The molecule has 2 aliphatic rings.